The molecule has 2 aromatic carbocycles. The zero-order valence-corrected chi connectivity index (χ0v) is 17.6. The van der Waals surface area contributed by atoms with Crippen LogP contribution in [-0.2, 0) is 0 Å². The molecule has 0 spiro atoms. The fourth-order valence-electron chi connectivity index (χ4n) is 3.94. The molecular formula is C20H11Br2N3O4. The number of aromatic amines is 2. The highest BCUT2D eigenvalue weighted by Gasteiger charge is 2.42. The van der Waals surface area contributed by atoms with Gasteiger partial charge in [-0.3, -0.25) is 19.6 Å². The lowest BCUT2D eigenvalue weighted by molar-refractivity contribution is 0.103. The summed E-state index contributed by atoms with van der Waals surface area (Å²) in [7, 11) is 0. The van der Waals surface area contributed by atoms with Crippen LogP contribution in [0.3, 0.4) is 0 Å². The summed E-state index contributed by atoms with van der Waals surface area (Å²) < 4.78 is 0.820. The van der Waals surface area contributed by atoms with E-state index < -0.39 is 17.2 Å². The second-order valence-electron chi connectivity index (χ2n) is 6.75. The zero-order chi connectivity index (χ0) is 20.4. The molecule has 1 aliphatic carbocycles. The minimum Gasteiger partial charge on any atom is -0.506 e. The number of allylic oxidation sites excluding steroid dienone is 1. The number of benzene rings is 2. The van der Waals surface area contributed by atoms with Gasteiger partial charge < -0.3 is 10.4 Å². The Kier molecular flexibility index (Phi) is 3.94. The van der Waals surface area contributed by atoms with Crippen molar-refractivity contribution in [2.45, 2.75) is 5.92 Å². The van der Waals surface area contributed by atoms with E-state index in [-0.39, 0.29) is 22.9 Å². The van der Waals surface area contributed by atoms with Gasteiger partial charge in [0.2, 0.25) is 0 Å². The van der Waals surface area contributed by atoms with E-state index in [1.807, 2.05) is 12.1 Å². The van der Waals surface area contributed by atoms with Crippen molar-refractivity contribution in [1.82, 2.24) is 9.97 Å². The number of carbonyl (C=O) groups excluding carboxylic acids is 1. The van der Waals surface area contributed by atoms with Crippen molar-refractivity contribution in [2.75, 3.05) is 5.32 Å². The number of phenols is 1. The summed E-state index contributed by atoms with van der Waals surface area (Å²) in [5.41, 5.74) is 1.82. The number of aromatic hydroxyl groups is 1. The van der Waals surface area contributed by atoms with Crippen LogP contribution in [0.5, 0.6) is 5.75 Å². The van der Waals surface area contributed by atoms with Gasteiger partial charge in [0.1, 0.15) is 11.6 Å². The van der Waals surface area contributed by atoms with Crippen LogP contribution in [0.25, 0.3) is 5.70 Å². The van der Waals surface area contributed by atoms with Crippen molar-refractivity contribution in [3.8, 4) is 5.75 Å². The summed E-state index contributed by atoms with van der Waals surface area (Å²) in [6, 6.07) is 10.5. The molecule has 1 aromatic heterocycles. The number of hydrogen-bond donors (Lipinski definition) is 4. The molecule has 0 saturated heterocycles. The van der Waals surface area contributed by atoms with Crippen molar-refractivity contribution < 1.29 is 9.90 Å². The first-order valence-corrected chi connectivity index (χ1v) is 10.1. The lowest BCUT2D eigenvalue weighted by Crippen LogP contribution is -2.33. The summed E-state index contributed by atoms with van der Waals surface area (Å²) in [5, 5.41) is 13.2. The van der Waals surface area contributed by atoms with Crippen LogP contribution in [0.2, 0.25) is 0 Å². The molecule has 1 aliphatic heterocycles. The normalized spacial score (nSPS) is 16.9. The number of nitrogens with one attached hydrogen (secondary N) is 3. The van der Waals surface area contributed by atoms with Crippen molar-refractivity contribution in [2.24, 2.45) is 0 Å². The minimum atomic E-state index is -0.741. The number of aromatic nitrogens is 2. The highest BCUT2D eigenvalue weighted by molar-refractivity contribution is 9.11. The second-order valence-corrected chi connectivity index (χ2v) is 8.46. The van der Waals surface area contributed by atoms with Gasteiger partial charge in [0.15, 0.2) is 5.78 Å². The van der Waals surface area contributed by atoms with Crippen molar-refractivity contribution in [3.05, 3.63) is 94.0 Å². The van der Waals surface area contributed by atoms with Crippen LogP contribution >= 0.6 is 31.9 Å². The first-order valence-electron chi connectivity index (χ1n) is 8.56. The van der Waals surface area contributed by atoms with Crippen molar-refractivity contribution in [3.63, 3.8) is 0 Å². The van der Waals surface area contributed by atoms with Crippen LogP contribution < -0.4 is 16.6 Å². The van der Waals surface area contributed by atoms with Gasteiger partial charge in [-0.2, -0.15) is 0 Å². The van der Waals surface area contributed by atoms with Crippen molar-refractivity contribution >= 4 is 49.2 Å². The van der Waals surface area contributed by atoms with E-state index >= 15 is 0 Å². The maximum Gasteiger partial charge on any atom is 0.327 e. The van der Waals surface area contributed by atoms with E-state index in [1.165, 1.54) is 0 Å². The fraction of sp³-hybridized carbons (Fsp3) is 0.0500. The third-order valence-corrected chi connectivity index (χ3v) is 6.34. The largest absolute Gasteiger partial charge is 0.506 e. The third kappa shape index (κ3) is 2.57. The molecule has 0 bridgehead atoms. The Labute approximate surface area is 179 Å². The number of halogens is 2. The predicted molar refractivity (Wildman–Crippen MR) is 114 cm³/mol. The molecule has 0 saturated carbocycles. The summed E-state index contributed by atoms with van der Waals surface area (Å²) in [6.45, 7) is 0. The summed E-state index contributed by atoms with van der Waals surface area (Å²) in [6.07, 6.45) is 0. The van der Waals surface area contributed by atoms with Gasteiger partial charge in [0, 0.05) is 22.6 Å². The second kappa shape index (κ2) is 6.30. The number of Topliss-reactive ketones (excluding diaryl/α,β-unsaturated/α-hetero) is 1. The van der Waals surface area contributed by atoms with Crippen molar-refractivity contribution in [1.29, 1.82) is 0 Å². The Morgan fingerprint density at radius 1 is 0.931 bits per heavy atom. The molecule has 2 aliphatic rings. The highest BCUT2D eigenvalue weighted by atomic mass is 79.9. The summed E-state index contributed by atoms with van der Waals surface area (Å²) in [5.74, 6) is -0.680. The molecule has 144 valence electrons. The van der Waals surface area contributed by atoms with Crippen LogP contribution in [0.1, 0.15) is 33.0 Å². The predicted octanol–water partition coefficient (Wildman–Crippen LogP) is 3.46. The van der Waals surface area contributed by atoms with Gasteiger partial charge in [-0.05, 0) is 49.6 Å². The Hall–Kier alpha value is -2.91. The van der Waals surface area contributed by atoms with E-state index in [0.29, 0.717) is 36.9 Å². The standard InChI is InChI=1S/C20H11Br2N3O4/c21-10-5-7(6-11(22)17(10)27)12-13-15(8-3-1-2-4-9(8)16(13)26)23-18-14(12)19(28)25-20(29)24-18/h1-6,12,27H,(H3,23,24,25,28,29)/t12-/m0/s1. The molecule has 1 atom stereocenters. The quantitative estimate of drug-likeness (QED) is 0.395. The summed E-state index contributed by atoms with van der Waals surface area (Å²) in [4.78, 5) is 42.8. The number of fused-ring (bicyclic) bond motifs is 3. The maximum absolute atomic E-state index is 13.3. The number of carbonyl (C=O) groups is 1. The molecule has 0 fully saturated rings. The van der Waals surface area contributed by atoms with E-state index in [2.05, 4.69) is 47.1 Å². The number of rotatable bonds is 1. The average Bonchev–Trinajstić information content (AvgIpc) is 2.96. The minimum absolute atomic E-state index is 0.00789. The fourth-order valence-corrected chi connectivity index (χ4v) is 5.16. The third-order valence-electron chi connectivity index (χ3n) is 5.13. The smallest absolute Gasteiger partial charge is 0.327 e. The Bertz CT molecular complexity index is 1360. The highest BCUT2D eigenvalue weighted by Crippen LogP contribution is 2.49. The first kappa shape index (κ1) is 18.1. The van der Waals surface area contributed by atoms with E-state index in [0.717, 1.165) is 0 Å². The number of ketones is 1. The lowest BCUT2D eigenvalue weighted by Gasteiger charge is -2.27. The molecule has 3 aromatic rings. The van der Waals surface area contributed by atoms with Crippen LogP contribution in [-0.4, -0.2) is 20.9 Å². The Balaban J connectivity index is 1.86. The van der Waals surface area contributed by atoms with Gasteiger partial charge in [-0.25, -0.2) is 4.79 Å². The van der Waals surface area contributed by atoms with E-state index in [4.69, 9.17) is 0 Å². The van der Waals surface area contributed by atoms with E-state index in [1.54, 1.807) is 24.3 Å². The van der Waals surface area contributed by atoms with Gasteiger partial charge in [0.25, 0.3) is 5.56 Å². The molecule has 0 radical (unpaired) electrons. The average molecular weight is 517 g/mol. The summed E-state index contributed by atoms with van der Waals surface area (Å²) >= 11 is 6.62. The molecule has 4 N–H and O–H groups in total. The molecule has 29 heavy (non-hydrogen) atoms. The maximum atomic E-state index is 13.3. The SMILES string of the molecule is O=C1C2=C(Nc3[nH]c(=O)[nH]c(=O)c3[C@H]2c2cc(Br)c(O)c(Br)c2)c2ccccc21. The lowest BCUT2D eigenvalue weighted by atomic mass is 9.81. The molecule has 7 nitrogen and oxygen atoms in total. The molecule has 0 unspecified atom stereocenters. The van der Waals surface area contributed by atoms with Gasteiger partial charge >= 0.3 is 5.69 Å². The number of phenolic OH excluding ortho intramolecular Hbond substituents is 1. The van der Waals surface area contributed by atoms with Gasteiger partial charge in [-0.1, -0.05) is 24.3 Å². The molecule has 9 heteroatoms. The zero-order valence-electron chi connectivity index (χ0n) is 14.5. The van der Waals surface area contributed by atoms with Crippen LogP contribution in [0.4, 0.5) is 5.82 Å². The monoisotopic (exact) mass is 515 g/mol. The van der Waals surface area contributed by atoms with E-state index in [9.17, 15) is 19.5 Å². The molecule has 0 amide bonds. The number of hydrogen-bond acceptors (Lipinski definition) is 5. The molecule has 5 rings (SSSR count). The van der Waals surface area contributed by atoms with Crippen LogP contribution in [0.15, 0.2) is 60.5 Å². The Morgan fingerprint density at radius 2 is 1.59 bits per heavy atom. The molecular weight excluding hydrogens is 506 g/mol. The first-order chi connectivity index (χ1) is 13.9. The van der Waals surface area contributed by atoms with Crippen LogP contribution in [0, 0.1) is 0 Å². The van der Waals surface area contributed by atoms with Gasteiger partial charge in [0.05, 0.1) is 20.2 Å². The topological polar surface area (TPSA) is 115 Å². The Morgan fingerprint density at radius 3 is 2.28 bits per heavy atom. The molecule has 2 heterocycles. The number of anilines is 1. The van der Waals surface area contributed by atoms with Gasteiger partial charge in [-0.15, -0.1) is 0 Å². The number of H-pyrrole nitrogens is 2.